The van der Waals surface area contributed by atoms with Crippen molar-refractivity contribution >= 4 is 11.0 Å². The molecule has 31 heavy (non-hydrogen) atoms. The summed E-state index contributed by atoms with van der Waals surface area (Å²) in [6.45, 7) is 5.41. The van der Waals surface area contributed by atoms with Gasteiger partial charge in [0.1, 0.15) is 28.2 Å². The van der Waals surface area contributed by atoms with Crippen LogP contribution >= 0.6 is 0 Å². The van der Waals surface area contributed by atoms with Gasteiger partial charge >= 0.3 is 0 Å². The fourth-order valence-electron chi connectivity index (χ4n) is 3.67. The molecule has 2 aromatic carbocycles. The Morgan fingerprint density at radius 2 is 1.77 bits per heavy atom. The molecule has 0 spiro atoms. The lowest BCUT2D eigenvalue weighted by molar-refractivity contribution is 0.0368. The van der Waals surface area contributed by atoms with Gasteiger partial charge in [-0.3, -0.25) is 4.90 Å². The molecule has 1 aromatic heterocycles. The van der Waals surface area contributed by atoms with Gasteiger partial charge in [0.15, 0.2) is 0 Å². The van der Waals surface area contributed by atoms with Gasteiger partial charge in [-0.1, -0.05) is 5.16 Å². The minimum absolute atomic E-state index is 0.448. The van der Waals surface area contributed by atoms with Crippen LogP contribution < -0.4 is 14.8 Å². The van der Waals surface area contributed by atoms with Crippen LogP contribution in [0.5, 0.6) is 11.5 Å². The quantitative estimate of drug-likeness (QED) is 0.336. The number of morpholine rings is 1. The van der Waals surface area contributed by atoms with E-state index >= 15 is 0 Å². The number of rotatable bonds is 8. The number of hydrogen-bond donors (Lipinski definition) is 1. The van der Waals surface area contributed by atoms with E-state index in [0.717, 1.165) is 68.1 Å². The second-order valence-electron chi connectivity index (χ2n) is 7.49. The number of unbranched alkanes of at least 4 members (excludes halogenated alkanes) is 1. The first kappa shape index (κ1) is 21.2. The predicted molar refractivity (Wildman–Crippen MR) is 118 cm³/mol. The Balaban J connectivity index is 1.44. The van der Waals surface area contributed by atoms with Gasteiger partial charge in [-0.05, 0) is 55.8 Å². The predicted octanol–water partition coefficient (Wildman–Crippen LogP) is 3.89. The van der Waals surface area contributed by atoms with Crippen LogP contribution in [0.2, 0.25) is 0 Å². The molecule has 0 bridgehead atoms. The van der Waals surface area contributed by atoms with E-state index < -0.39 is 0 Å². The van der Waals surface area contributed by atoms with Gasteiger partial charge in [0.05, 0.1) is 26.9 Å². The number of methoxy groups -OCH3 is 1. The lowest BCUT2D eigenvalue weighted by Gasteiger charge is -2.26. The molecule has 2 heterocycles. The highest BCUT2D eigenvalue weighted by molar-refractivity contribution is 5.79. The van der Waals surface area contributed by atoms with Crippen LogP contribution in [-0.2, 0) is 4.74 Å². The average molecular weight is 424 g/mol. The van der Waals surface area contributed by atoms with Crippen molar-refractivity contribution in [1.82, 2.24) is 4.90 Å². The molecule has 0 amide bonds. The second kappa shape index (κ2) is 10.3. The van der Waals surface area contributed by atoms with Gasteiger partial charge in [0, 0.05) is 36.2 Å². The molecule has 1 fully saturated rings. The van der Waals surface area contributed by atoms with E-state index in [9.17, 15) is 5.21 Å². The van der Waals surface area contributed by atoms with Gasteiger partial charge < -0.3 is 23.8 Å². The zero-order chi connectivity index (χ0) is 21.5. The molecule has 7 nitrogen and oxygen atoms in total. The van der Waals surface area contributed by atoms with Gasteiger partial charge in [0.2, 0.25) is 0 Å². The van der Waals surface area contributed by atoms with E-state index in [0.29, 0.717) is 23.3 Å². The minimum Gasteiger partial charge on any atom is -0.497 e. The maximum absolute atomic E-state index is 9.49. The highest BCUT2D eigenvalue weighted by Gasteiger charge is 2.10. The third kappa shape index (κ3) is 5.37. The van der Waals surface area contributed by atoms with Crippen molar-refractivity contribution in [1.29, 1.82) is 0 Å². The molecule has 0 aliphatic carbocycles. The first-order chi connectivity index (χ1) is 15.3. The van der Waals surface area contributed by atoms with Crippen molar-refractivity contribution < 1.29 is 23.8 Å². The number of fused-ring (bicyclic) bond motifs is 1. The molecule has 4 rings (SSSR count). The van der Waals surface area contributed by atoms with Crippen LogP contribution in [0.3, 0.4) is 0 Å². The summed E-state index contributed by atoms with van der Waals surface area (Å²) in [5, 5.41) is 14.1. The first-order valence-electron chi connectivity index (χ1n) is 10.6. The van der Waals surface area contributed by atoms with Crippen molar-refractivity contribution in [2.45, 2.75) is 12.8 Å². The van der Waals surface area contributed by atoms with Crippen molar-refractivity contribution in [2.75, 3.05) is 46.6 Å². The molecule has 1 aliphatic heterocycles. The number of ether oxygens (including phenoxy) is 3. The fraction of sp³-hybridized carbons (Fsp3) is 0.375. The summed E-state index contributed by atoms with van der Waals surface area (Å²) in [7, 11) is 1.63. The van der Waals surface area contributed by atoms with E-state index in [1.165, 1.54) is 0 Å². The normalized spacial score (nSPS) is 15.3. The molecule has 7 heteroatoms. The Labute approximate surface area is 181 Å². The molecule has 0 radical (unpaired) electrons. The Bertz CT molecular complexity index is 1060. The molecule has 0 unspecified atom stereocenters. The Kier molecular flexibility index (Phi) is 7.07. The van der Waals surface area contributed by atoms with E-state index in [1.807, 2.05) is 42.5 Å². The number of hydrogen-bond acceptors (Lipinski definition) is 7. The summed E-state index contributed by atoms with van der Waals surface area (Å²) in [6.07, 6.45) is 2.07. The average Bonchev–Trinajstić information content (AvgIpc) is 2.83. The van der Waals surface area contributed by atoms with E-state index in [4.69, 9.17) is 18.6 Å². The van der Waals surface area contributed by atoms with Crippen LogP contribution in [0.15, 0.2) is 58.1 Å². The Morgan fingerprint density at radius 3 is 2.52 bits per heavy atom. The minimum atomic E-state index is 0.448. The molecule has 3 aromatic rings. The molecule has 0 saturated carbocycles. The summed E-state index contributed by atoms with van der Waals surface area (Å²) in [5.74, 6) is 2.10. The lowest BCUT2D eigenvalue weighted by Crippen LogP contribution is -2.36. The van der Waals surface area contributed by atoms with Crippen LogP contribution in [0.1, 0.15) is 12.8 Å². The summed E-state index contributed by atoms with van der Waals surface area (Å²) in [6, 6.07) is 14.8. The fourth-order valence-corrected chi connectivity index (χ4v) is 3.67. The van der Waals surface area contributed by atoms with E-state index in [-0.39, 0.29) is 0 Å². The lowest BCUT2D eigenvalue weighted by atomic mass is 10.1. The molecule has 1 saturated heterocycles. The van der Waals surface area contributed by atoms with Crippen LogP contribution in [0.4, 0.5) is 0 Å². The SMILES string of the molecule is COc1ccc(-c2c/c(=N\O)c3ccc(OCCCCN4CCOCC4)cc3o2)cc1. The van der Waals surface area contributed by atoms with Crippen molar-refractivity contribution in [3.8, 4) is 22.8 Å². The maximum atomic E-state index is 9.49. The molecule has 1 N–H and O–H groups in total. The van der Waals surface area contributed by atoms with Crippen LogP contribution in [-0.4, -0.2) is 56.7 Å². The standard InChI is InChI=1S/C24H28N2O5/c1-28-19-6-4-18(5-7-19)23-17-22(25-27)21-9-8-20(16-24(21)31-23)30-13-3-2-10-26-11-14-29-15-12-26/h4-9,16-17,27H,2-3,10-15H2,1H3/b25-22+. The number of nitrogens with zero attached hydrogens (tertiary/aromatic N) is 2. The summed E-state index contributed by atoms with van der Waals surface area (Å²) >= 11 is 0. The highest BCUT2D eigenvalue weighted by atomic mass is 16.5. The van der Waals surface area contributed by atoms with Gasteiger partial charge in [-0.25, -0.2) is 0 Å². The maximum Gasteiger partial charge on any atom is 0.140 e. The monoisotopic (exact) mass is 424 g/mol. The Morgan fingerprint density at radius 1 is 1.00 bits per heavy atom. The summed E-state index contributed by atoms with van der Waals surface area (Å²) < 4.78 is 22.6. The summed E-state index contributed by atoms with van der Waals surface area (Å²) in [5.41, 5.74) is 1.47. The largest absolute Gasteiger partial charge is 0.497 e. The molecule has 0 atom stereocenters. The molecule has 1 aliphatic rings. The molecule has 164 valence electrons. The third-order valence-corrected chi connectivity index (χ3v) is 5.44. The topological polar surface area (TPSA) is 76.7 Å². The van der Waals surface area contributed by atoms with Gasteiger partial charge in [-0.2, -0.15) is 0 Å². The van der Waals surface area contributed by atoms with Gasteiger partial charge in [0.25, 0.3) is 0 Å². The smallest absolute Gasteiger partial charge is 0.140 e. The van der Waals surface area contributed by atoms with Crippen molar-refractivity contribution in [3.05, 3.63) is 53.9 Å². The zero-order valence-corrected chi connectivity index (χ0v) is 17.8. The second-order valence-corrected chi connectivity index (χ2v) is 7.49. The van der Waals surface area contributed by atoms with Crippen LogP contribution in [0, 0.1) is 0 Å². The summed E-state index contributed by atoms with van der Waals surface area (Å²) in [4.78, 5) is 2.43. The third-order valence-electron chi connectivity index (χ3n) is 5.44. The zero-order valence-electron chi connectivity index (χ0n) is 17.8. The van der Waals surface area contributed by atoms with Gasteiger partial charge in [-0.15, -0.1) is 0 Å². The van der Waals surface area contributed by atoms with E-state index in [1.54, 1.807) is 13.2 Å². The first-order valence-corrected chi connectivity index (χ1v) is 10.6. The van der Waals surface area contributed by atoms with Crippen LogP contribution in [0.25, 0.3) is 22.3 Å². The molecular formula is C24H28N2O5. The van der Waals surface area contributed by atoms with Crippen molar-refractivity contribution in [2.24, 2.45) is 5.16 Å². The Hall–Kier alpha value is -3.03. The number of benzene rings is 2. The van der Waals surface area contributed by atoms with Crippen molar-refractivity contribution in [3.63, 3.8) is 0 Å². The highest BCUT2D eigenvalue weighted by Crippen LogP contribution is 2.26. The molecular weight excluding hydrogens is 396 g/mol. The van der Waals surface area contributed by atoms with E-state index in [2.05, 4.69) is 10.1 Å².